The maximum absolute atomic E-state index is 12.7. The van der Waals surface area contributed by atoms with Gasteiger partial charge < -0.3 is 81.6 Å². The Bertz CT molecular complexity index is 8060. The standard InChI is InChI=1S/C23H22N3O7P.C23H21N3O4.C19H15N3O.C18H12ClN3O.C18H14N4O3S/c27-22-20-19(10-26(21(20)24-15-25-22)17-4-2-1-3-5-17)16-6-8-18(9-7-16)32-13-23(11-31-12-23)14-33-34(28,29)30;27-22-21-20(24-15-25-22)19(12-26(21)17-4-2-1-3-5-17)16-6-8-18(9-7-16)30-11-10-23(28)13-29-14-23;1-13-7-5-6-10-15(13)16-11-22(14-8-3-2-4-9-14)18-17(16)20-12-21-19(18)23;19-15-9-5-4-8-13(15)14-10-22(12-6-2-1-3-7-12)17-16(14)20-11-21-18(17)23;19-26(24,25)14-8-6-12(7-9-14)15-10-22(13-4-2-1-3-5-13)17-16(15)20-11-21-18(17)23/h1-10,15H,11-14H2,(H,24,25,27)(H2,28,29,30);1-9,12,15,28H,10-11,13-14H2,(H,24,25,27);2-12H,1H3,(H,20,21,23);1-11H,(H,20,21,23);1-11H,(H2,19,24,25)(H,20,21,23). The molecule has 32 nitrogen and oxygen atoms in total. The number of nitrogens with two attached hydrogens (primary N) is 1. The summed E-state index contributed by atoms with van der Waals surface area (Å²) in [5.74, 6) is 1.30. The smallest absolute Gasteiger partial charge is 0.469 e. The number of rotatable bonds is 21. The van der Waals surface area contributed by atoms with Crippen LogP contribution in [0.2, 0.25) is 5.02 Å². The highest BCUT2D eigenvalue weighted by molar-refractivity contribution is 7.89. The summed E-state index contributed by atoms with van der Waals surface area (Å²) < 4.78 is 69.7. The fourth-order valence-electron chi connectivity index (χ4n) is 16.1. The molecule has 0 unspecified atom stereocenters. The predicted molar refractivity (Wildman–Crippen MR) is 519 cm³/mol. The predicted octanol–water partition coefficient (Wildman–Crippen LogP) is 15.5. The average Bonchev–Trinajstić information content (AvgIpc) is 1.63. The molecule has 22 rings (SSSR count). The summed E-state index contributed by atoms with van der Waals surface area (Å²) in [7, 11) is -8.33. The molecule has 136 heavy (non-hydrogen) atoms. The van der Waals surface area contributed by atoms with Crippen molar-refractivity contribution in [3.05, 3.63) is 398 Å². The Morgan fingerprint density at radius 2 is 0.750 bits per heavy atom. The van der Waals surface area contributed by atoms with Crippen molar-refractivity contribution in [1.82, 2.24) is 72.7 Å². The van der Waals surface area contributed by atoms with Gasteiger partial charge in [0, 0.05) is 104 Å². The van der Waals surface area contributed by atoms with Crippen LogP contribution >= 0.6 is 19.4 Å². The first-order valence-electron chi connectivity index (χ1n) is 42.6. The maximum Gasteiger partial charge on any atom is 0.469 e. The van der Waals surface area contributed by atoms with Crippen LogP contribution in [0, 0.1) is 12.3 Å². The summed E-state index contributed by atoms with van der Waals surface area (Å²) in [6.07, 6.45) is 17.1. The average molecular weight is 1880 g/mol. The van der Waals surface area contributed by atoms with Gasteiger partial charge in [0.05, 0.1) is 87.0 Å². The number of hydrogen-bond acceptors (Lipinski definition) is 19. The van der Waals surface area contributed by atoms with E-state index in [9.17, 15) is 42.1 Å². The lowest BCUT2D eigenvalue weighted by Crippen LogP contribution is -2.50. The molecular formula is C101H84ClN16O16PS. The van der Waals surface area contributed by atoms with Gasteiger partial charge in [0.25, 0.3) is 27.8 Å². The molecule has 10 aromatic carbocycles. The zero-order valence-electron chi connectivity index (χ0n) is 72.3. The first-order chi connectivity index (χ1) is 65.9. The maximum atomic E-state index is 12.7. The van der Waals surface area contributed by atoms with Crippen molar-refractivity contribution < 1.29 is 51.3 Å². The van der Waals surface area contributed by atoms with Gasteiger partial charge >= 0.3 is 7.82 Å². The molecule has 2 aliphatic rings. The van der Waals surface area contributed by atoms with Gasteiger partial charge in [0.1, 0.15) is 67.8 Å². The van der Waals surface area contributed by atoms with Crippen molar-refractivity contribution in [2.75, 3.05) is 46.2 Å². The normalized spacial score (nSPS) is 13.1. The third kappa shape index (κ3) is 19.5. The van der Waals surface area contributed by atoms with Crippen LogP contribution in [0.5, 0.6) is 11.5 Å². The Labute approximate surface area is 778 Å². The Morgan fingerprint density at radius 1 is 0.404 bits per heavy atom. The number of nitrogens with zero attached hydrogens (tertiary/aromatic N) is 10. The minimum Gasteiger partial charge on any atom is -0.493 e. The van der Waals surface area contributed by atoms with Crippen molar-refractivity contribution in [2.45, 2.75) is 23.8 Å². The molecule has 12 heterocycles. The molecule has 0 amide bonds. The number of nitrogens with one attached hydrogen (secondary N) is 5. The number of primary sulfonamides is 1. The lowest BCUT2D eigenvalue weighted by Gasteiger charge is -2.40. The Morgan fingerprint density at radius 3 is 1.15 bits per heavy atom. The van der Waals surface area contributed by atoms with Crippen molar-refractivity contribution in [2.24, 2.45) is 10.6 Å². The van der Waals surface area contributed by atoms with Gasteiger partial charge in [-0.05, 0) is 138 Å². The van der Waals surface area contributed by atoms with Crippen LogP contribution < -0.4 is 42.4 Å². The summed E-state index contributed by atoms with van der Waals surface area (Å²) in [6, 6.07) is 85.1. The molecule has 0 saturated carbocycles. The monoisotopic (exact) mass is 1870 g/mol. The molecule has 0 bridgehead atoms. The van der Waals surface area contributed by atoms with E-state index in [0.29, 0.717) is 105 Å². The number of ether oxygens (including phenoxy) is 4. The number of hydrogen-bond donors (Lipinski definition) is 9. The van der Waals surface area contributed by atoms with Crippen LogP contribution in [-0.2, 0) is 28.6 Å². The molecule has 20 aromatic rings. The molecule has 35 heteroatoms. The van der Waals surface area contributed by atoms with Crippen LogP contribution in [-0.4, -0.2) is 148 Å². The number of phosphoric ester groups is 1. The molecule has 10 N–H and O–H groups in total. The minimum absolute atomic E-state index is 0.0267. The highest BCUT2D eigenvalue weighted by Gasteiger charge is 2.42. The molecule has 0 spiro atoms. The van der Waals surface area contributed by atoms with Crippen LogP contribution in [0.1, 0.15) is 12.0 Å². The fourth-order valence-corrected chi connectivity index (χ4v) is 17.3. The largest absolute Gasteiger partial charge is 0.493 e. The van der Waals surface area contributed by atoms with E-state index >= 15 is 0 Å². The lowest BCUT2D eigenvalue weighted by molar-refractivity contribution is -0.184. The molecule has 682 valence electrons. The number of fused-ring (bicyclic) bond motifs is 5. The van der Waals surface area contributed by atoms with Crippen molar-refractivity contribution >= 4 is 84.6 Å². The molecule has 2 aliphatic heterocycles. The number of aromatic amines is 5. The Kier molecular flexibility index (Phi) is 26.1. The molecule has 0 aliphatic carbocycles. The second-order valence-electron chi connectivity index (χ2n) is 32.2. The summed E-state index contributed by atoms with van der Waals surface area (Å²) >= 11 is 6.33. The minimum atomic E-state index is -4.57. The van der Waals surface area contributed by atoms with Crippen LogP contribution in [0.3, 0.4) is 0 Å². The zero-order chi connectivity index (χ0) is 94.2. The number of sulfonamides is 1. The van der Waals surface area contributed by atoms with Crippen LogP contribution in [0.25, 0.3) is 139 Å². The first-order valence-corrected chi connectivity index (χ1v) is 46.1. The number of aromatic nitrogens is 15. The summed E-state index contributed by atoms with van der Waals surface area (Å²) in [6.45, 7) is 3.82. The molecule has 0 atom stereocenters. The number of benzene rings is 10. The number of aryl methyl sites for hydroxylation is 1. The summed E-state index contributed by atoms with van der Waals surface area (Å²) in [5.41, 5.74) is 16.9. The van der Waals surface area contributed by atoms with Gasteiger partial charge in [-0.25, -0.2) is 43.0 Å². The van der Waals surface area contributed by atoms with Gasteiger partial charge in [0.15, 0.2) is 5.65 Å². The van der Waals surface area contributed by atoms with Gasteiger partial charge in [-0.3, -0.25) is 28.5 Å². The summed E-state index contributed by atoms with van der Waals surface area (Å²) in [5, 5.41) is 16.3. The summed E-state index contributed by atoms with van der Waals surface area (Å²) in [4.78, 5) is 115. The molecule has 2 fully saturated rings. The van der Waals surface area contributed by atoms with Gasteiger partial charge in [0.2, 0.25) is 10.0 Å². The quantitative estimate of drug-likeness (QED) is 0.0302. The van der Waals surface area contributed by atoms with E-state index in [-0.39, 0.29) is 45.9 Å². The van der Waals surface area contributed by atoms with Gasteiger partial charge in [-0.15, -0.1) is 0 Å². The third-order valence-electron chi connectivity index (χ3n) is 23.0. The van der Waals surface area contributed by atoms with E-state index in [1.54, 1.807) is 28.8 Å². The van der Waals surface area contributed by atoms with E-state index in [0.717, 1.165) is 95.4 Å². The van der Waals surface area contributed by atoms with E-state index in [1.807, 2.05) is 274 Å². The second-order valence-corrected chi connectivity index (χ2v) is 35.4. The van der Waals surface area contributed by atoms with Crippen LogP contribution in [0.15, 0.2) is 364 Å². The number of phosphoric acid groups is 1. The van der Waals surface area contributed by atoms with Gasteiger partial charge in [-0.1, -0.05) is 181 Å². The highest BCUT2D eigenvalue weighted by Crippen LogP contribution is 2.43. The van der Waals surface area contributed by atoms with Crippen LogP contribution in [0.4, 0.5) is 0 Å². The number of H-pyrrole nitrogens is 5. The zero-order valence-corrected chi connectivity index (χ0v) is 74.8. The Balaban J connectivity index is 0.000000114. The number of halogens is 1. The van der Waals surface area contributed by atoms with Crippen molar-refractivity contribution in [3.63, 3.8) is 0 Å². The van der Waals surface area contributed by atoms with E-state index < -0.39 is 28.9 Å². The SMILES string of the molecule is Cc1ccccc1-c1cn(-c2ccccc2)c2c(=O)[nH]cnc12.NS(=O)(=O)c1ccc(-c2cn(-c3ccccc3)c3c(=O)[nH]cnc23)cc1.O=c1[nH]cnc2c(-c3ccc(OCCC4(O)COC4)cc3)cn(-c3ccccc3)c12.O=c1[nH]cnc2c(-c3ccccc3Cl)cn(-c3ccccc3)c12.O=c1[nH]cnc2c1c(-c1ccc(OCC3(COP(=O)(O)O)COC3)cc1)cn2-c1ccccc1. The molecule has 2 saturated heterocycles. The van der Waals surface area contributed by atoms with Gasteiger partial charge in [-0.2, -0.15) is 0 Å². The van der Waals surface area contributed by atoms with Crippen molar-refractivity contribution in [1.29, 1.82) is 0 Å². The first kappa shape index (κ1) is 90.6. The second kappa shape index (κ2) is 39.1. The van der Waals surface area contributed by atoms with Crippen molar-refractivity contribution in [3.8, 4) is 95.6 Å². The number of aliphatic hydroxyl groups is 1. The fraction of sp³-hybridized carbons (Fsp3) is 0.109. The van der Waals surface area contributed by atoms with E-state index in [4.69, 9.17) is 45.5 Å². The van der Waals surface area contributed by atoms with E-state index in [2.05, 4.69) is 73.4 Å². The highest BCUT2D eigenvalue weighted by atomic mass is 35.5. The topological polar surface area (TPSA) is 437 Å². The van der Waals surface area contributed by atoms with E-state index in [1.165, 1.54) is 43.8 Å². The Hall–Kier alpha value is -15.9. The molecule has 10 aromatic heterocycles. The third-order valence-corrected chi connectivity index (χ3v) is 24.7. The molecule has 0 radical (unpaired) electrons. The lowest BCUT2D eigenvalue weighted by atomic mass is 9.88. The molecular weight excluding hydrogens is 1790 g/mol. The number of para-hydroxylation sites is 5.